The molecule has 0 unspecified atom stereocenters. The van der Waals surface area contributed by atoms with E-state index < -0.39 is 0 Å². The van der Waals surface area contributed by atoms with Crippen molar-refractivity contribution in [2.45, 2.75) is 19.9 Å². The van der Waals surface area contributed by atoms with E-state index in [9.17, 15) is 0 Å². The fraction of sp³-hybridized carbons (Fsp3) is 0.286. The summed E-state index contributed by atoms with van der Waals surface area (Å²) in [6.45, 7) is 3.64. The highest BCUT2D eigenvalue weighted by Gasteiger charge is 2.04. The zero-order valence-corrected chi connectivity index (χ0v) is 11.3. The van der Waals surface area contributed by atoms with Crippen LogP contribution in [0.15, 0.2) is 36.7 Å². The number of hydrogen-bond donors (Lipinski definition) is 1. The van der Waals surface area contributed by atoms with Crippen LogP contribution in [-0.4, -0.2) is 31.5 Å². The molecule has 0 aliphatic heterocycles. The molecule has 2 heterocycles. The molecule has 20 heavy (non-hydrogen) atoms. The van der Waals surface area contributed by atoms with Crippen molar-refractivity contribution in [2.24, 2.45) is 0 Å². The van der Waals surface area contributed by atoms with Gasteiger partial charge < -0.3 is 5.32 Å². The molecule has 0 bridgehead atoms. The van der Waals surface area contributed by atoms with Gasteiger partial charge in [-0.15, -0.1) is 5.10 Å². The molecule has 6 heteroatoms. The van der Waals surface area contributed by atoms with E-state index in [4.69, 9.17) is 0 Å². The topological polar surface area (TPSA) is 68.5 Å². The molecule has 0 saturated carbocycles. The summed E-state index contributed by atoms with van der Waals surface area (Å²) in [6, 6.07) is 7.90. The monoisotopic (exact) mass is 268 g/mol. The zero-order chi connectivity index (χ0) is 13.8. The van der Waals surface area contributed by atoms with Crippen LogP contribution < -0.4 is 5.32 Å². The summed E-state index contributed by atoms with van der Waals surface area (Å²) in [5, 5.41) is 11.0. The third-order valence-electron chi connectivity index (χ3n) is 3.07. The molecular weight excluding hydrogens is 252 g/mol. The number of nitrogens with one attached hydrogen (secondary N) is 1. The van der Waals surface area contributed by atoms with E-state index in [1.807, 2.05) is 42.1 Å². The number of rotatable bonds is 5. The molecule has 3 rings (SSSR count). The predicted octanol–water partition coefficient (Wildman–Crippen LogP) is 2.03. The summed E-state index contributed by atoms with van der Waals surface area (Å²) in [5.41, 5.74) is 2.76. The standard InChI is InChI=1S/C14H16N6/c1-11-14(15-7-4-9-20-10-8-16-19-20)18-13-6-3-2-5-12(13)17-11/h2-3,5-6,8,10H,4,7,9H2,1H3,(H,15,18). The number of para-hydroxylation sites is 2. The van der Waals surface area contributed by atoms with Crippen molar-refractivity contribution in [3.63, 3.8) is 0 Å². The molecule has 3 aromatic rings. The lowest BCUT2D eigenvalue weighted by molar-refractivity contribution is 0.569. The van der Waals surface area contributed by atoms with E-state index in [2.05, 4.69) is 25.6 Å². The highest BCUT2D eigenvalue weighted by Crippen LogP contribution is 2.15. The van der Waals surface area contributed by atoms with E-state index in [-0.39, 0.29) is 0 Å². The maximum absolute atomic E-state index is 4.60. The minimum atomic E-state index is 0.827. The van der Waals surface area contributed by atoms with Gasteiger partial charge in [0.1, 0.15) is 5.82 Å². The molecule has 0 aliphatic carbocycles. The number of hydrogen-bond acceptors (Lipinski definition) is 5. The van der Waals surface area contributed by atoms with Crippen molar-refractivity contribution in [1.29, 1.82) is 0 Å². The van der Waals surface area contributed by atoms with E-state index in [0.29, 0.717) is 0 Å². The van der Waals surface area contributed by atoms with Gasteiger partial charge in [-0.2, -0.15) is 0 Å². The van der Waals surface area contributed by atoms with Crippen LogP contribution in [0.4, 0.5) is 5.82 Å². The van der Waals surface area contributed by atoms with Gasteiger partial charge in [-0.3, -0.25) is 4.68 Å². The molecular formula is C14H16N6. The van der Waals surface area contributed by atoms with Gasteiger partial charge in [0.2, 0.25) is 0 Å². The Morgan fingerprint density at radius 3 is 2.70 bits per heavy atom. The van der Waals surface area contributed by atoms with Gasteiger partial charge in [0, 0.05) is 19.3 Å². The van der Waals surface area contributed by atoms with Gasteiger partial charge in [-0.25, -0.2) is 9.97 Å². The molecule has 0 spiro atoms. The fourth-order valence-electron chi connectivity index (χ4n) is 2.06. The molecule has 0 atom stereocenters. The van der Waals surface area contributed by atoms with Gasteiger partial charge in [-0.05, 0) is 25.5 Å². The van der Waals surface area contributed by atoms with Gasteiger partial charge in [0.15, 0.2) is 0 Å². The first kappa shape index (κ1) is 12.5. The number of fused-ring (bicyclic) bond motifs is 1. The average Bonchev–Trinajstić information content (AvgIpc) is 2.97. The summed E-state index contributed by atoms with van der Waals surface area (Å²) in [5.74, 6) is 0.849. The third kappa shape index (κ3) is 2.74. The summed E-state index contributed by atoms with van der Waals surface area (Å²) in [7, 11) is 0. The molecule has 0 amide bonds. The second-order valence-electron chi connectivity index (χ2n) is 4.59. The van der Waals surface area contributed by atoms with Gasteiger partial charge >= 0.3 is 0 Å². The molecule has 0 aliphatic rings. The highest BCUT2D eigenvalue weighted by molar-refractivity contribution is 5.76. The van der Waals surface area contributed by atoms with E-state index in [1.165, 1.54) is 0 Å². The van der Waals surface area contributed by atoms with Crippen LogP contribution in [0.3, 0.4) is 0 Å². The van der Waals surface area contributed by atoms with E-state index in [1.54, 1.807) is 6.20 Å². The quantitative estimate of drug-likeness (QED) is 0.717. The normalized spacial score (nSPS) is 10.8. The lowest BCUT2D eigenvalue weighted by Crippen LogP contribution is -2.10. The van der Waals surface area contributed by atoms with Crippen molar-refractivity contribution in [1.82, 2.24) is 25.0 Å². The smallest absolute Gasteiger partial charge is 0.148 e. The largest absolute Gasteiger partial charge is 0.368 e. The first-order chi connectivity index (χ1) is 9.83. The zero-order valence-electron chi connectivity index (χ0n) is 11.3. The molecule has 6 nitrogen and oxygen atoms in total. The minimum absolute atomic E-state index is 0.827. The molecule has 0 saturated heterocycles. The first-order valence-corrected chi connectivity index (χ1v) is 6.64. The Kier molecular flexibility index (Phi) is 3.54. The number of benzene rings is 1. The van der Waals surface area contributed by atoms with Crippen LogP contribution in [0, 0.1) is 6.92 Å². The van der Waals surface area contributed by atoms with Crippen LogP contribution in [-0.2, 0) is 6.54 Å². The van der Waals surface area contributed by atoms with Gasteiger partial charge in [0.25, 0.3) is 0 Å². The van der Waals surface area contributed by atoms with Crippen LogP contribution in [0.5, 0.6) is 0 Å². The summed E-state index contributed by atoms with van der Waals surface area (Å²) >= 11 is 0. The number of nitrogens with zero attached hydrogens (tertiary/aromatic N) is 5. The predicted molar refractivity (Wildman–Crippen MR) is 77.4 cm³/mol. The number of anilines is 1. The maximum Gasteiger partial charge on any atom is 0.148 e. The first-order valence-electron chi connectivity index (χ1n) is 6.64. The Hall–Kier alpha value is -2.50. The van der Waals surface area contributed by atoms with Crippen molar-refractivity contribution in [3.8, 4) is 0 Å². The van der Waals surface area contributed by atoms with Gasteiger partial charge in [0.05, 0.1) is 22.9 Å². The highest BCUT2D eigenvalue weighted by atomic mass is 15.4. The maximum atomic E-state index is 4.60. The Bertz CT molecular complexity index is 692. The Labute approximate surface area is 116 Å². The molecule has 102 valence electrons. The second kappa shape index (κ2) is 5.64. The van der Waals surface area contributed by atoms with Crippen LogP contribution in [0.2, 0.25) is 0 Å². The van der Waals surface area contributed by atoms with Gasteiger partial charge in [-0.1, -0.05) is 17.3 Å². The Morgan fingerprint density at radius 2 is 1.95 bits per heavy atom. The van der Waals surface area contributed by atoms with Crippen molar-refractivity contribution < 1.29 is 0 Å². The minimum Gasteiger partial charge on any atom is -0.368 e. The number of aromatic nitrogens is 5. The lowest BCUT2D eigenvalue weighted by Gasteiger charge is -2.09. The van der Waals surface area contributed by atoms with Crippen LogP contribution >= 0.6 is 0 Å². The van der Waals surface area contributed by atoms with Crippen LogP contribution in [0.25, 0.3) is 11.0 Å². The third-order valence-corrected chi connectivity index (χ3v) is 3.07. The number of aryl methyl sites for hydroxylation is 2. The molecule has 2 aromatic heterocycles. The van der Waals surface area contributed by atoms with E-state index in [0.717, 1.165) is 42.1 Å². The second-order valence-corrected chi connectivity index (χ2v) is 4.59. The van der Waals surface area contributed by atoms with Crippen molar-refractivity contribution in [3.05, 3.63) is 42.4 Å². The molecule has 1 aromatic carbocycles. The Balaban J connectivity index is 1.63. The van der Waals surface area contributed by atoms with Crippen molar-refractivity contribution >= 4 is 16.9 Å². The Morgan fingerprint density at radius 1 is 1.15 bits per heavy atom. The van der Waals surface area contributed by atoms with Crippen LogP contribution in [0.1, 0.15) is 12.1 Å². The molecule has 0 fully saturated rings. The SMILES string of the molecule is Cc1nc2ccccc2nc1NCCCn1ccnn1. The van der Waals surface area contributed by atoms with Crippen molar-refractivity contribution in [2.75, 3.05) is 11.9 Å². The lowest BCUT2D eigenvalue weighted by atomic mass is 10.3. The summed E-state index contributed by atoms with van der Waals surface area (Å²) < 4.78 is 1.82. The summed E-state index contributed by atoms with van der Waals surface area (Å²) in [6.07, 6.45) is 4.50. The summed E-state index contributed by atoms with van der Waals surface area (Å²) in [4.78, 5) is 9.15. The fourth-order valence-corrected chi connectivity index (χ4v) is 2.06. The van der Waals surface area contributed by atoms with E-state index >= 15 is 0 Å². The average molecular weight is 268 g/mol. The molecule has 1 N–H and O–H groups in total. The molecule has 0 radical (unpaired) electrons.